The molecule has 2 aromatic rings. The minimum Gasteiger partial charge on any atom is -0.336 e. The third kappa shape index (κ3) is 4.59. The van der Waals surface area contributed by atoms with Crippen molar-refractivity contribution in [2.24, 2.45) is 0 Å². The molecule has 1 aliphatic heterocycles. The van der Waals surface area contributed by atoms with E-state index in [0.717, 1.165) is 24.6 Å². The summed E-state index contributed by atoms with van der Waals surface area (Å²) < 4.78 is 29.0. The summed E-state index contributed by atoms with van der Waals surface area (Å²) in [5.74, 6) is 0.683. The van der Waals surface area contributed by atoms with Gasteiger partial charge < -0.3 is 9.80 Å². The molecule has 6 nitrogen and oxygen atoms in total. The molecule has 0 spiro atoms. The van der Waals surface area contributed by atoms with Gasteiger partial charge in [-0.05, 0) is 19.2 Å². The fourth-order valence-electron chi connectivity index (χ4n) is 2.74. The molecule has 0 unspecified atom stereocenters. The highest BCUT2D eigenvalue weighted by Crippen LogP contribution is 2.14. The Kier molecular flexibility index (Phi) is 6.20. The molecule has 0 aliphatic carbocycles. The molecule has 0 atom stereocenters. The van der Waals surface area contributed by atoms with Crippen molar-refractivity contribution in [3.05, 3.63) is 47.3 Å². The van der Waals surface area contributed by atoms with Crippen molar-refractivity contribution < 1.29 is 13.6 Å². The number of likely N-dealkylation sites (N-methyl/N-ethyl adjacent to an activating group) is 1. The maximum Gasteiger partial charge on any atom is 0.276 e. The zero-order valence-corrected chi connectivity index (χ0v) is 15.4. The van der Waals surface area contributed by atoms with Gasteiger partial charge in [-0.3, -0.25) is 9.48 Å². The van der Waals surface area contributed by atoms with Crippen molar-refractivity contribution in [2.45, 2.75) is 13.1 Å². The topological polar surface area (TPSA) is 54.3 Å². The molecule has 0 radical (unpaired) electrons. The van der Waals surface area contributed by atoms with E-state index in [-0.39, 0.29) is 18.0 Å². The molecule has 3 rings (SSSR count). The van der Waals surface area contributed by atoms with E-state index in [4.69, 9.17) is 0 Å². The second kappa shape index (κ2) is 8.59. The van der Waals surface area contributed by atoms with Crippen molar-refractivity contribution in [2.75, 3.05) is 38.2 Å². The third-order valence-corrected chi connectivity index (χ3v) is 5.20. The van der Waals surface area contributed by atoms with Crippen molar-refractivity contribution in [3.8, 4) is 0 Å². The predicted octanol–water partition coefficient (Wildman–Crippen LogP) is 1.88. The maximum absolute atomic E-state index is 13.7. The number of hydrogen-bond donors (Lipinski definition) is 0. The number of rotatable bonds is 6. The highest BCUT2D eigenvalue weighted by molar-refractivity contribution is 7.99. The van der Waals surface area contributed by atoms with E-state index >= 15 is 0 Å². The number of carbonyl (C=O) groups excluding carboxylic acids is 1. The molecule has 0 bridgehead atoms. The fourth-order valence-corrected chi connectivity index (χ4v) is 3.64. The van der Waals surface area contributed by atoms with Crippen LogP contribution in [0.15, 0.2) is 24.4 Å². The molecule has 1 saturated heterocycles. The first-order valence-electron chi connectivity index (χ1n) is 8.43. The van der Waals surface area contributed by atoms with E-state index in [1.807, 2.05) is 11.8 Å². The van der Waals surface area contributed by atoms with Gasteiger partial charge in [0.2, 0.25) is 0 Å². The van der Waals surface area contributed by atoms with E-state index in [1.54, 1.807) is 27.7 Å². The quantitative estimate of drug-likeness (QED) is 0.765. The van der Waals surface area contributed by atoms with Crippen LogP contribution in [0.5, 0.6) is 0 Å². The predicted molar refractivity (Wildman–Crippen MR) is 95.9 cm³/mol. The zero-order chi connectivity index (χ0) is 18.5. The number of hydrogen-bond acceptors (Lipinski definition) is 5. The van der Waals surface area contributed by atoms with Crippen molar-refractivity contribution in [3.63, 3.8) is 0 Å². The zero-order valence-electron chi connectivity index (χ0n) is 14.6. The van der Waals surface area contributed by atoms with Gasteiger partial charge in [0.15, 0.2) is 5.69 Å². The summed E-state index contributed by atoms with van der Waals surface area (Å²) in [7, 11) is 1.78. The lowest BCUT2D eigenvalue weighted by Gasteiger charge is -2.25. The fraction of sp³-hybridized carbons (Fsp3) is 0.471. The summed E-state index contributed by atoms with van der Waals surface area (Å²) in [4.78, 5) is 16.0. The summed E-state index contributed by atoms with van der Waals surface area (Å²) in [5, 5.41) is 7.94. The standard InChI is InChI=1S/C17H21F2N5OS/c1-22(11-13-14(18)3-2-4-15(13)19)5-6-24-12-16(20-21-24)17(25)23-7-9-26-10-8-23/h2-4,12H,5-11H2,1H3. The normalized spacial score (nSPS) is 14.8. The second-order valence-corrected chi connectivity index (χ2v) is 7.43. The van der Waals surface area contributed by atoms with Gasteiger partial charge in [0.25, 0.3) is 5.91 Å². The van der Waals surface area contributed by atoms with E-state index in [2.05, 4.69) is 10.3 Å². The van der Waals surface area contributed by atoms with Crippen LogP contribution < -0.4 is 0 Å². The Morgan fingerprint density at radius 2 is 1.96 bits per heavy atom. The molecule has 1 aromatic carbocycles. The van der Waals surface area contributed by atoms with Crippen LogP contribution in [0.1, 0.15) is 16.1 Å². The van der Waals surface area contributed by atoms with Crippen molar-refractivity contribution in [1.29, 1.82) is 0 Å². The van der Waals surface area contributed by atoms with Gasteiger partial charge in [-0.15, -0.1) is 5.10 Å². The van der Waals surface area contributed by atoms with Gasteiger partial charge in [0, 0.05) is 43.2 Å². The van der Waals surface area contributed by atoms with Crippen LogP contribution in [0.2, 0.25) is 0 Å². The highest BCUT2D eigenvalue weighted by atomic mass is 32.2. The molecule has 1 aromatic heterocycles. The maximum atomic E-state index is 13.7. The molecular weight excluding hydrogens is 360 g/mol. The molecule has 26 heavy (non-hydrogen) atoms. The van der Waals surface area contributed by atoms with Gasteiger partial charge in [-0.25, -0.2) is 8.78 Å². The molecule has 0 saturated carbocycles. The summed E-state index contributed by atoms with van der Waals surface area (Å²) in [6.07, 6.45) is 1.63. The first-order chi connectivity index (χ1) is 12.5. The number of halogens is 2. The van der Waals surface area contributed by atoms with E-state index in [0.29, 0.717) is 18.8 Å². The Balaban J connectivity index is 1.53. The third-order valence-electron chi connectivity index (χ3n) is 4.26. The second-order valence-electron chi connectivity index (χ2n) is 6.21. The molecule has 1 aliphatic rings. The van der Waals surface area contributed by atoms with Crippen LogP contribution in [0, 0.1) is 11.6 Å². The highest BCUT2D eigenvalue weighted by Gasteiger charge is 2.21. The Bertz CT molecular complexity index is 743. The summed E-state index contributed by atoms with van der Waals surface area (Å²) in [6.45, 7) is 2.61. The lowest BCUT2D eigenvalue weighted by molar-refractivity contribution is 0.0766. The molecule has 2 heterocycles. The molecule has 140 valence electrons. The average Bonchev–Trinajstić information content (AvgIpc) is 3.12. The number of aromatic nitrogens is 3. The minimum atomic E-state index is -0.551. The largest absolute Gasteiger partial charge is 0.336 e. The number of benzene rings is 1. The molecule has 0 N–H and O–H groups in total. The first kappa shape index (κ1) is 18.8. The number of nitrogens with zero attached hydrogens (tertiary/aromatic N) is 5. The Morgan fingerprint density at radius 1 is 1.27 bits per heavy atom. The van der Waals surface area contributed by atoms with Crippen molar-refractivity contribution in [1.82, 2.24) is 24.8 Å². The monoisotopic (exact) mass is 381 g/mol. The van der Waals surface area contributed by atoms with Crippen LogP contribution in [-0.4, -0.2) is 68.9 Å². The van der Waals surface area contributed by atoms with Crippen LogP contribution in [0.4, 0.5) is 8.78 Å². The van der Waals surface area contributed by atoms with Crippen LogP contribution in [-0.2, 0) is 13.1 Å². The molecule has 9 heteroatoms. The van der Waals surface area contributed by atoms with E-state index in [1.165, 1.54) is 18.2 Å². The van der Waals surface area contributed by atoms with E-state index in [9.17, 15) is 13.6 Å². The number of carbonyl (C=O) groups is 1. The number of thioether (sulfide) groups is 1. The first-order valence-corrected chi connectivity index (χ1v) is 9.58. The average molecular weight is 381 g/mol. The van der Waals surface area contributed by atoms with Gasteiger partial charge in [-0.1, -0.05) is 11.3 Å². The molecule has 1 amide bonds. The van der Waals surface area contributed by atoms with Gasteiger partial charge >= 0.3 is 0 Å². The van der Waals surface area contributed by atoms with Gasteiger partial charge in [0.05, 0.1) is 12.7 Å². The van der Waals surface area contributed by atoms with E-state index < -0.39 is 11.6 Å². The lowest BCUT2D eigenvalue weighted by atomic mass is 10.2. The number of amides is 1. The van der Waals surface area contributed by atoms with Crippen LogP contribution in [0.25, 0.3) is 0 Å². The van der Waals surface area contributed by atoms with Crippen LogP contribution in [0.3, 0.4) is 0 Å². The minimum absolute atomic E-state index is 0.0485. The Hall–Kier alpha value is -2.00. The Labute approximate surface area is 155 Å². The Morgan fingerprint density at radius 3 is 2.65 bits per heavy atom. The van der Waals surface area contributed by atoms with Gasteiger partial charge in [-0.2, -0.15) is 11.8 Å². The molecular formula is C17H21F2N5OS. The van der Waals surface area contributed by atoms with Crippen LogP contribution >= 0.6 is 11.8 Å². The SMILES string of the molecule is CN(CCn1cc(C(=O)N2CCSCC2)nn1)Cc1c(F)cccc1F. The van der Waals surface area contributed by atoms with Crippen molar-refractivity contribution >= 4 is 17.7 Å². The smallest absolute Gasteiger partial charge is 0.276 e. The summed E-state index contributed by atoms with van der Waals surface area (Å²) in [5.41, 5.74) is 0.382. The lowest BCUT2D eigenvalue weighted by Crippen LogP contribution is -2.38. The summed E-state index contributed by atoms with van der Waals surface area (Å²) in [6, 6.07) is 3.85. The van der Waals surface area contributed by atoms with Gasteiger partial charge in [0.1, 0.15) is 11.6 Å². The molecule has 1 fully saturated rings. The summed E-state index contributed by atoms with van der Waals surface area (Å²) >= 11 is 1.84.